The molecule has 7 heteroatoms. The lowest BCUT2D eigenvalue weighted by Crippen LogP contribution is -2.17. The fraction of sp³-hybridized carbons (Fsp3) is 0.364. The quantitative estimate of drug-likeness (QED) is 0.222. The smallest absolute Gasteiger partial charge is 0.271 e. The van der Waals surface area contributed by atoms with Crippen LogP contribution in [0.5, 0.6) is 5.75 Å². The molecule has 29 heavy (non-hydrogen) atoms. The molecule has 4 nitrogen and oxygen atoms in total. The van der Waals surface area contributed by atoms with Crippen molar-refractivity contribution in [3.63, 3.8) is 0 Å². The first kappa shape index (κ1) is 23.5. The fourth-order valence-corrected chi connectivity index (χ4v) is 3.42. The first-order valence-electron chi connectivity index (χ1n) is 9.72. The molecule has 2 aromatic rings. The normalized spacial score (nSPS) is 11.0. The number of rotatable bonds is 11. The van der Waals surface area contributed by atoms with Crippen molar-refractivity contribution in [2.75, 3.05) is 6.61 Å². The second kappa shape index (κ2) is 12.7. The lowest BCUT2D eigenvalue weighted by molar-refractivity contribution is 0.0955. The lowest BCUT2D eigenvalue weighted by Gasteiger charge is -2.10. The predicted octanol–water partition coefficient (Wildman–Crippen LogP) is 7.15. The molecule has 1 amide bonds. The predicted molar refractivity (Wildman–Crippen MR) is 122 cm³/mol. The Morgan fingerprint density at radius 2 is 1.62 bits per heavy atom. The minimum Gasteiger partial charge on any atom is -0.490 e. The SMILES string of the molecule is CCCCCCCCOc1c(Cl)cc(/C=N/NC(=O)c2ccc(Cl)cc2)cc1Cl. The van der Waals surface area contributed by atoms with E-state index in [1.54, 1.807) is 36.4 Å². The zero-order valence-electron chi connectivity index (χ0n) is 16.4. The van der Waals surface area contributed by atoms with Crippen LogP contribution in [0.1, 0.15) is 61.4 Å². The number of benzene rings is 2. The van der Waals surface area contributed by atoms with Gasteiger partial charge in [0.05, 0.1) is 22.9 Å². The molecule has 1 N–H and O–H groups in total. The second-order valence-electron chi connectivity index (χ2n) is 6.64. The number of amides is 1. The van der Waals surface area contributed by atoms with E-state index in [9.17, 15) is 4.79 Å². The van der Waals surface area contributed by atoms with Gasteiger partial charge in [-0.05, 0) is 48.4 Å². The molecule has 0 aliphatic heterocycles. The van der Waals surface area contributed by atoms with Crippen LogP contribution in [0, 0.1) is 0 Å². The summed E-state index contributed by atoms with van der Waals surface area (Å²) >= 11 is 18.4. The van der Waals surface area contributed by atoms with Gasteiger partial charge in [-0.15, -0.1) is 0 Å². The number of halogens is 3. The molecule has 0 saturated heterocycles. The standard InChI is InChI=1S/C22H25Cl3N2O2/c1-2-3-4-5-6-7-12-29-21-19(24)13-16(14-20(21)25)15-26-27-22(28)17-8-10-18(23)11-9-17/h8-11,13-15H,2-7,12H2,1H3,(H,27,28)/b26-15+. The maximum Gasteiger partial charge on any atom is 0.271 e. The van der Waals surface area contributed by atoms with Crippen LogP contribution < -0.4 is 10.2 Å². The fourth-order valence-electron chi connectivity index (χ4n) is 2.68. The number of hydrazone groups is 1. The van der Waals surface area contributed by atoms with E-state index < -0.39 is 0 Å². The van der Waals surface area contributed by atoms with Crippen LogP contribution in [0.2, 0.25) is 15.1 Å². The average Bonchev–Trinajstić information content (AvgIpc) is 2.69. The molecule has 0 fully saturated rings. The highest BCUT2D eigenvalue weighted by atomic mass is 35.5. The van der Waals surface area contributed by atoms with Gasteiger partial charge in [0.15, 0.2) is 5.75 Å². The largest absolute Gasteiger partial charge is 0.490 e. The van der Waals surface area contributed by atoms with Crippen LogP contribution in [-0.4, -0.2) is 18.7 Å². The molecule has 156 valence electrons. The molecular weight excluding hydrogens is 431 g/mol. The van der Waals surface area contributed by atoms with E-state index in [0.717, 1.165) is 12.8 Å². The highest BCUT2D eigenvalue weighted by Gasteiger charge is 2.09. The summed E-state index contributed by atoms with van der Waals surface area (Å²) in [7, 11) is 0. The summed E-state index contributed by atoms with van der Waals surface area (Å²) in [5, 5.41) is 5.33. The molecule has 0 bridgehead atoms. The first-order valence-corrected chi connectivity index (χ1v) is 10.9. The number of nitrogens with zero attached hydrogens (tertiary/aromatic N) is 1. The summed E-state index contributed by atoms with van der Waals surface area (Å²) < 4.78 is 5.75. The van der Waals surface area contributed by atoms with Crippen LogP contribution in [0.4, 0.5) is 0 Å². The van der Waals surface area contributed by atoms with Gasteiger partial charge >= 0.3 is 0 Å². The Labute approximate surface area is 187 Å². The van der Waals surface area contributed by atoms with E-state index in [1.165, 1.54) is 31.9 Å². The van der Waals surface area contributed by atoms with Crippen LogP contribution in [0.3, 0.4) is 0 Å². The Morgan fingerprint density at radius 3 is 2.28 bits per heavy atom. The number of unbranched alkanes of at least 4 members (excludes halogenated alkanes) is 5. The highest BCUT2D eigenvalue weighted by Crippen LogP contribution is 2.34. The molecule has 0 aliphatic rings. The molecule has 2 aromatic carbocycles. The molecule has 2 rings (SSSR count). The Morgan fingerprint density at radius 1 is 1.00 bits per heavy atom. The van der Waals surface area contributed by atoms with Crippen molar-refractivity contribution in [3.05, 3.63) is 62.6 Å². The topological polar surface area (TPSA) is 50.7 Å². The highest BCUT2D eigenvalue weighted by molar-refractivity contribution is 6.37. The van der Waals surface area contributed by atoms with Crippen LogP contribution in [-0.2, 0) is 0 Å². The molecule has 0 radical (unpaired) electrons. The number of hydrogen-bond acceptors (Lipinski definition) is 3. The Bertz CT molecular complexity index is 800. The molecule has 0 heterocycles. The van der Waals surface area contributed by atoms with Crippen molar-refractivity contribution in [1.29, 1.82) is 0 Å². The zero-order chi connectivity index (χ0) is 21.1. The van der Waals surface area contributed by atoms with E-state index in [1.807, 2.05) is 0 Å². The lowest BCUT2D eigenvalue weighted by atomic mass is 10.1. The summed E-state index contributed by atoms with van der Waals surface area (Å²) in [5.41, 5.74) is 3.57. The van der Waals surface area contributed by atoms with Gasteiger partial charge in [-0.25, -0.2) is 5.43 Å². The Balaban J connectivity index is 1.85. The maximum absolute atomic E-state index is 12.0. The molecule has 0 aromatic heterocycles. The monoisotopic (exact) mass is 454 g/mol. The van der Waals surface area contributed by atoms with Crippen LogP contribution in [0.25, 0.3) is 0 Å². The molecule has 0 unspecified atom stereocenters. The van der Waals surface area contributed by atoms with Gasteiger partial charge in [0.2, 0.25) is 0 Å². The van der Waals surface area contributed by atoms with E-state index in [4.69, 9.17) is 39.5 Å². The zero-order valence-corrected chi connectivity index (χ0v) is 18.7. The number of carbonyl (C=O) groups is 1. The van der Waals surface area contributed by atoms with Crippen molar-refractivity contribution < 1.29 is 9.53 Å². The van der Waals surface area contributed by atoms with Crippen molar-refractivity contribution >= 4 is 46.9 Å². The summed E-state index contributed by atoms with van der Waals surface area (Å²) in [6.07, 6.45) is 8.58. The van der Waals surface area contributed by atoms with Gasteiger partial charge in [-0.1, -0.05) is 73.8 Å². The third-order valence-electron chi connectivity index (χ3n) is 4.25. The third-order valence-corrected chi connectivity index (χ3v) is 5.06. The minimum absolute atomic E-state index is 0.339. The van der Waals surface area contributed by atoms with E-state index in [2.05, 4.69) is 17.5 Å². The van der Waals surface area contributed by atoms with Crippen LogP contribution >= 0.6 is 34.8 Å². The van der Waals surface area contributed by atoms with Crippen molar-refractivity contribution in [2.45, 2.75) is 45.4 Å². The van der Waals surface area contributed by atoms with Gasteiger partial charge in [0.25, 0.3) is 5.91 Å². The van der Waals surface area contributed by atoms with Crippen molar-refractivity contribution in [2.24, 2.45) is 5.10 Å². The number of carbonyl (C=O) groups excluding carboxylic acids is 1. The molecule has 0 aliphatic carbocycles. The number of hydrogen-bond donors (Lipinski definition) is 1. The summed E-state index contributed by atoms with van der Waals surface area (Å²) in [6, 6.07) is 9.92. The van der Waals surface area contributed by atoms with Gasteiger partial charge < -0.3 is 4.74 Å². The van der Waals surface area contributed by atoms with E-state index >= 15 is 0 Å². The molecule has 0 saturated carbocycles. The van der Waals surface area contributed by atoms with E-state index in [0.29, 0.717) is 38.6 Å². The second-order valence-corrected chi connectivity index (χ2v) is 7.89. The van der Waals surface area contributed by atoms with Crippen molar-refractivity contribution in [1.82, 2.24) is 5.43 Å². The summed E-state index contributed by atoms with van der Waals surface area (Å²) in [6.45, 7) is 2.78. The average molecular weight is 456 g/mol. The van der Waals surface area contributed by atoms with Crippen molar-refractivity contribution in [3.8, 4) is 5.75 Å². The van der Waals surface area contributed by atoms with E-state index in [-0.39, 0.29) is 5.91 Å². The number of nitrogens with one attached hydrogen (secondary N) is 1. The summed E-state index contributed by atoms with van der Waals surface area (Å²) in [5.74, 6) is 0.137. The van der Waals surface area contributed by atoms with Gasteiger partial charge in [-0.3, -0.25) is 4.79 Å². The molecule has 0 atom stereocenters. The Kier molecular flexibility index (Phi) is 10.3. The molecular formula is C22H25Cl3N2O2. The summed E-state index contributed by atoms with van der Waals surface area (Å²) in [4.78, 5) is 12.0. The molecule has 0 spiro atoms. The first-order chi connectivity index (χ1) is 14.0. The van der Waals surface area contributed by atoms with Crippen LogP contribution in [0.15, 0.2) is 41.5 Å². The van der Waals surface area contributed by atoms with Gasteiger partial charge in [-0.2, -0.15) is 5.10 Å². The number of ether oxygens (including phenoxy) is 1. The third kappa shape index (κ3) is 8.25. The maximum atomic E-state index is 12.0. The Hall–Kier alpha value is -1.75. The minimum atomic E-state index is -0.339. The van der Waals surface area contributed by atoms with Gasteiger partial charge in [0, 0.05) is 10.6 Å². The van der Waals surface area contributed by atoms with Gasteiger partial charge in [0.1, 0.15) is 0 Å².